The van der Waals surface area contributed by atoms with Crippen molar-refractivity contribution < 1.29 is 27.8 Å². The maximum Gasteiger partial charge on any atom is 0.387 e. The van der Waals surface area contributed by atoms with Gasteiger partial charge in [0.25, 0.3) is 0 Å². The minimum atomic E-state index is -3.14. The predicted octanol–water partition coefficient (Wildman–Crippen LogP) is 2.85. The van der Waals surface area contributed by atoms with E-state index < -0.39 is 29.7 Å². The van der Waals surface area contributed by atoms with E-state index in [1.165, 1.54) is 0 Å². The topological polar surface area (TPSA) is 70.6 Å². The van der Waals surface area contributed by atoms with Gasteiger partial charge in [-0.3, -0.25) is 0 Å². The van der Waals surface area contributed by atoms with Crippen LogP contribution in [0.2, 0.25) is 0 Å². The van der Waals surface area contributed by atoms with Gasteiger partial charge in [0.1, 0.15) is 5.82 Å². The standard InChI is InChI=1S/C14H17F3N2O3/c15-9-3-4-10(11(7-9)22-12(16)17)18-13(21)19-14(8-20)5-1-2-6-14/h3-4,7,12,20H,1-2,5-6,8H2,(H2,18,19,21). The number of hydrogen-bond acceptors (Lipinski definition) is 3. The summed E-state index contributed by atoms with van der Waals surface area (Å²) < 4.78 is 41.9. The number of amides is 2. The first-order valence-electron chi connectivity index (χ1n) is 6.88. The van der Waals surface area contributed by atoms with E-state index in [9.17, 15) is 23.1 Å². The molecule has 1 fully saturated rings. The predicted molar refractivity (Wildman–Crippen MR) is 73.5 cm³/mol. The van der Waals surface area contributed by atoms with Crippen molar-refractivity contribution in [1.82, 2.24) is 5.32 Å². The molecule has 1 aromatic rings. The van der Waals surface area contributed by atoms with E-state index in [4.69, 9.17) is 0 Å². The number of halogens is 3. The Morgan fingerprint density at radius 3 is 2.64 bits per heavy atom. The summed E-state index contributed by atoms with van der Waals surface area (Å²) >= 11 is 0. The number of nitrogens with one attached hydrogen (secondary N) is 2. The van der Waals surface area contributed by atoms with Crippen LogP contribution in [0.25, 0.3) is 0 Å². The average Bonchev–Trinajstić information content (AvgIpc) is 2.90. The Labute approximate surface area is 125 Å². The fraction of sp³-hybridized carbons (Fsp3) is 0.500. The third-order valence-corrected chi connectivity index (χ3v) is 3.65. The number of aliphatic hydroxyl groups is 1. The molecule has 3 N–H and O–H groups in total. The lowest BCUT2D eigenvalue weighted by Gasteiger charge is -2.28. The molecule has 0 aromatic heterocycles. The molecule has 1 aromatic carbocycles. The highest BCUT2D eigenvalue weighted by molar-refractivity contribution is 5.91. The Kier molecular flexibility index (Phi) is 5.12. The van der Waals surface area contributed by atoms with Gasteiger partial charge in [0, 0.05) is 6.07 Å². The highest BCUT2D eigenvalue weighted by Gasteiger charge is 2.34. The van der Waals surface area contributed by atoms with E-state index in [0.29, 0.717) is 12.8 Å². The van der Waals surface area contributed by atoms with Crippen molar-refractivity contribution in [1.29, 1.82) is 0 Å². The summed E-state index contributed by atoms with van der Waals surface area (Å²) in [5.74, 6) is -1.22. The molecule has 0 spiro atoms. The molecule has 2 amide bonds. The number of anilines is 1. The van der Waals surface area contributed by atoms with E-state index in [2.05, 4.69) is 15.4 Å². The molecule has 1 saturated carbocycles. The normalized spacial score (nSPS) is 16.6. The molecule has 8 heteroatoms. The van der Waals surface area contributed by atoms with Gasteiger partial charge < -0.3 is 20.5 Å². The zero-order chi connectivity index (χ0) is 16.2. The molecule has 0 heterocycles. The first-order valence-corrected chi connectivity index (χ1v) is 6.88. The molecule has 0 aliphatic heterocycles. The first kappa shape index (κ1) is 16.4. The third-order valence-electron chi connectivity index (χ3n) is 3.65. The van der Waals surface area contributed by atoms with E-state index >= 15 is 0 Å². The number of aliphatic hydroxyl groups excluding tert-OH is 1. The van der Waals surface area contributed by atoms with Crippen molar-refractivity contribution in [2.75, 3.05) is 11.9 Å². The van der Waals surface area contributed by atoms with Crippen molar-refractivity contribution in [3.05, 3.63) is 24.0 Å². The lowest BCUT2D eigenvalue weighted by atomic mass is 9.99. The zero-order valence-electron chi connectivity index (χ0n) is 11.7. The van der Waals surface area contributed by atoms with Crippen LogP contribution in [0.1, 0.15) is 25.7 Å². The molecule has 122 valence electrons. The van der Waals surface area contributed by atoms with Crippen LogP contribution >= 0.6 is 0 Å². The van der Waals surface area contributed by atoms with Crippen LogP contribution in [0, 0.1) is 5.82 Å². The van der Waals surface area contributed by atoms with Crippen molar-refractivity contribution in [3.63, 3.8) is 0 Å². The molecule has 1 aliphatic rings. The van der Waals surface area contributed by atoms with Gasteiger partial charge in [0.2, 0.25) is 0 Å². The number of ether oxygens (including phenoxy) is 1. The second-order valence-corrected chi connectivity index (χ2v) is 5.24. The number of carbonyl (C=O) groups excluding carboxylic acids is 1. The number of rotatable bonds is 5. The largest absolute Gasteiger partial charge is 0.432 e. The Morgan fingerprint density at radius 1 is 1.36 bits per heavy atom. The summed E-state index contributed by atoms with van der Waals surface area (Å²) in [6.07, 6.45) is 3.05. The van der Waals surface area contributed by atoms with Crippen LogP contribution < -0.4 is 15.4 Å². The smallest absolute Gasteiger partial charge is 0.387 e. The number of carbonyl (C=O) groups is 1. The Bertz CT molecular complexity index is 534. The van der Waals surface area contributed by atoms with Crippen LogP contribution in [0.4, 0.5) is 23.7 Å². The summed E-state index contributed by atoms with van der Waals surface area (Å²) in [6.45, 7) is -3.34. The first-order chi connectivity index (χ1) is 10.4. The quantitative estimate of drug-likeness (QED) is 0.782. The highest BCUT2D eigenvalue weighted by Crippen LogP contribution is 2.30. The highest BCUT2D eigenvalue weighted by atomic mass is 19.3. The molecule has 0 radical (unpaired) electrons. The Hall–Kier alpha value is -1.96. The summed E-state index contributed by atoms with van der Waals surface area (Å²) in [5, 5.41) is 14.4. The molecular formula is C14H17F3N2O3. The SMILES string of the molecule is O=C(Nc1ccc(F)cc1OC(F)F)NC1(CO)CCCC1. The van der Waals surface area contributed by atoms with Crippen LogP contribution in [0.5, 0.6) is 5.75 Å². The molecule has 0 saturated heterocycles. The lowest BCUT2D eigenvalue weighted by Crippen LogP contribution is -2.50. The molecule has 0 unspecified atom stereocenters. The number of alkyl halides is 2. The average molecular weight is 318 g/mol. The van der Waals surface area contributed by atoms with Gasteiger partial charge in [-0.1, -0.05) is 12.8 Å². The minimum absolute atomic E-state index is 0.0784. The zero-order valence-corrected chi connectivity index (χ0v) is 11.7. The van der Waals surface area contributed by atoms with E-state index in [1.807, 2.05) is 0 Å². The minimum Gasteiger partial charge on any atom is -0.432 e. The fourth-order valence-electron chi connectivity index (χ4n) is 2.56. The number of urea groups is 1. The van der Waals surface area contributed by atoms with Crippen molar-refractivity contribution >= 4 is 11.7 Å². The molecule has 2 rings (SSSR count). The molecule has 0 atom stereocenters. The van der Waals surface area contributed by atoms with Gasteiger partial charge in [-0.2, -0.15) is 8.78 Å². The van der Waals surface area contributed by atoms with Gasteiger partial charge in [0.05, 0.1) is 17.8 Å². The van der Waals surface area contributed by atoms with Crippen LogP contribution in [-0.2, 0) is 0 Å². The van der Waals surface area contributed by atoms with Crippen molar-refractivity contribution in [2.24, 2.45) is 0 Å². The van der Waals surface area contributed by atoms with Crippen molar-refractivity contribution in [3.8, 4) is 5.75 Å². The maximum atomic E-state index is 13.1. The van der Waals surface area contributed by atoms with Crippen LogP contribution in [0.3, 0.4) is 0 Å². The molecular weight excluding hydrogens is 301 g/mol. The molecule has 5 nitrogen and oxygen atoms in total. The van der Waals surface area contributed by atoms with Crippen LogP contribution in [-0.4, -0.2) is 29.9 Å². The second-order valence-electron chi connectivity index (χ2n) is 5.24. The fourth-order valence-corrected chi connectivity index (χ4v) is 2.56. The maximum absolute atomic E-state index is 13.1. The van der Waals surface area contributed by atoms with E-state index in [0.717, 1.165) is 31.0 Å². The summed E-state index contributed by atoms with van der Waals surface area (Å²) in [5.41, 5.74) is -0.779. The Balaban J connectivity index is 2.07. The van der Waals surface area contributed by atoms with Gasteiger partial charge in [-0.15, -0.1) is 0 Å². The van der Waals surface area contributed by atoms with Gasteiger partial charge in [0.15, 0.2) is 5.75 Å². The number of hydrogen-bond donors (Lipinski definition) is 3. The Morgan fingerprint density at radius 2 is 2.05 bits per heavy atom. The van der Waals surface area contributed by atoms with Gasteiger partial charge in [-0.05, 0) is 25.0 Å². The van der Waals surface area contributed by atoms with E-state index in [-0.39, 0.29) is 12.3 Å². The second kappa shape index (κ2) is 6.87. The van der Waals surface area contributed by atoms with Crippen molar-refractivity contribution in [2.45, 2.75) is 37.8 Å². The van der Waals surface area contributed by atoms with E-state index in [1.54, 1.807) is 0 Å². The molecule has 22 heavy (non-hydrogen) atoms. The molecule has 0 bridgehead atoms. The lowest BCUT2D eigenvalue weighted by molar-refractivity contribution is -0.0495. The summed E-state index contributed by atoms with van der Waals surface area (Å²) in [7, 11) is 0. The molecule has 1 aliphatic carbocycles. The monoisotopic (exact) mass is 318 g/mol. The summed E-state index contributed by atoms with van der Waals surface area (Å²) in [4.78, 5) is 12.0. The van der Waals surface area contributed by atoms with Gasteiger partial charge >= 0.3 is 12.6 Å². The van der Waals surface area contributed by atoms with Gasteiger partial charge in [-0.25, -0.2) is 9.18 Å². The summed E-state index contributed by atoms with van der Waals surface area (Å²) in [6, 6.07) is 2.25. The van der Waals surface area contributed by atoms with Crippen LogP contribution in [0.15, 0.2) is 18.2 Å². The third kappa shape index (κ3) is 4.03. The number of benzene rings is 1.